The lowest BCUT2D eigenvalue weighted by molar-refractivity contribution is 0.931. The van der Waals surface area contributed by atoms with Crippen LogP contribution < -0.4 is 5.73 Å². The molecular weight excluding hydrogens is 186 g/mol. The summed E-state index contributed by atoms with van der Waals surface area (Å²) in [6.07, 6.45) is 5.83. The lowest BCUT2D eigenvalue weighted by Gasteiger charge is -1.97. The summed E-state index contributed by atoms with van der Waals surface area (Å²) in [5.74, 6) is 0. The first-order valence-electron chi connectivity index (χ1n) is 5.01. The molecule has 0 spiro atoms. The van der Waals surface area contributed by atoms with E-state index >= 15 is 0 Å². The summed E-state index contributed by atoms with van der Waals surface area (Å²) in [5.41, 5.74) is 8.95. The smallest absolute Gasteiger partial charge is 0.0955 e. The van der Waals surface area contributed by atoms with Gasteiger partial charge in [0.15, 0.2) is 0 Å². The van der Waals surface area contributed by atoms with E-state index in [0.29, 0.717) is 0 Å². The molecule has 2 aromatic rings. The highest BCUT2D eigenvalue weighted by atomic mass is 15.0. The van der Waals surface area contributed by atoms with E-state index in [9.17, 15) is 0 Å². The highest BCUT2D eigenvalue weighted by Gasteiger charge is 1.98. The molecule has 0 saturated carbocycles. The first kappa shape index (κ1) is 9.93. The van der Waals surface area contributed by atoms with Gasteiger partial charge in [-0.05, 0) is 24.6 Å². The Morgan fingerprint density at radius 1 is 1.47 bits per heavy atom. The maximum absolute atomic E-state index is 5.65. The van der Waals surface area contributed by atoms with E-state index < -0.39 is 0 Å². The topological polar surface area (TPSA) is 43.8 Å². The normalized spacial score (nSPS) is 13.8. The number of hydrogen-bond acceptors (Lipinski definition) is 2. The van der Waals surface area contributed by atoms with Crippen LogP contribution in [0.3, 0.4) is 0 Å². The van der Waals surface area contributed by atoms with Crippen LogP contribution in [0.2, 0.25) is 0 Å². The predicted molar refractivity (Wildman–Crippen MR) is 63.4 cm³/mol. The van der Waals surface area contributed by atoms with Gasteiger partial charge in [-0.1, -0.05) is 18.2 Å². The van der Waals surface area contributed by atoms with Crippen LogP contribution in [0.15, 0.2) is 30.6 Å². The van der Waals surface area contributed by atoms with Gasteiger partial charge in [-0.25, -0.2) is 4.98 Å². The third-order valence-corrected chi connectivity index (χ3v) is 2.34. The van der Waals surface area contributed by atoms with Gasteiger partial charge < -0.3 is 10.3 Å². The average Bonchev–Trinajstić information content (AvgIpc) is 2.57. The van der Waals surface area contributed by atoms with E-state index in [1.54, 1.807) is 0 Å². The molecule has 3 nitrogen and oxygen atoms in total. The van der Waals surface area contributed by atoms with Gasteiger partial charge in [-0.3, -0.25) is 0 Å². The quantitative estimate of drug-likeness (QED) is 0.806. The molecule has 0 aliphatic heterocycles. The second kappa shape index (κ2) is 3.87. The van der Waals surface area contributed by atoms with Crippen molar-refractivity contribution in [1.82, 2.24) is 9.55 Å². The molecule has 0 bridgehead atoms. The van der Waals surface area contributed by atoms with Crippen molar-refractivity contribution in [3.8, 4) is 0 Å². The number of aromatic nitrogens is 2. The molecule has 2 N–H and O–H groups in total. The number of imidazole rings is 1. The SMILES string of the molecule is CC(N)/C=C/c1ccc2c(c1)ncn2C. The molecule has 1 unspecified atom stereocenters. The zero-order valence-electron chi connectivity index (χ0n) is 9.01. The summed E-state index contributed by atoms with van der Waals surface area (Å²) >= 11 is 0. The molecule has 0 fully saturated rings. The van der Waals surface area contributed by atoms with Crippen molar-refractivity contribution in [3.63, 3.8) is 0 Å². The van der Waals surface area contributed by atoms with E-state index in [4.69, 9.17) is 5.73 Å². The fourth-order valence-electron chi connectivity index (χ4n) is 1.52. The van der Waals surface area contributed by atoms with Crippen molar-refractivity contribution in [1.29, 1.82) is 0 Å². The molecule has 0 aliphatic carbocycles. The summed E-state index contributed by atoms with van der Waals surface area (Å²) < 4.78 is 2.01. The zero-order valence-corrected chi connectivity index (χ0v) is 9.01. The van der Waals surface area contributed by atoms with Crippen molar-refractivity contribution < 1.29 is 0 Å². The molecular formula is C12H15N3. The number of rotatable bonds is 2. The lowest BCUT2D eigenvalue weighted by atomic mass is 10.1. The minimum absolute atomic E-state index is 0.0874. The Kier molecular flexibility index (Phi) is 2.56. The van der Waals surface area contributed by atoms with E-state index in [-0.39, 0.29) is 6.04 Å². The second-order valence-corrected chi connectivity index (χ2v) is 3.82. The van der Waals surface area contributed by atoms with Gasteiger partial charge in [0.2, 0.25) is 0 Å². The summed E-state index contributed by atoms with van der Waals surface area (Å²) in [6, 6.07) is 6.30. The zero-order chi connectivity index (χ0) is 10.8. The molecule has 1 aromatic carbocycles. The Balaban J connectivity index is 2.39. The first-order valence-corrected chi connectivity index (χ1v) is 5.01. The van der Waals surface area contributed by atoms with Crippen LogP contribution in [0, 0.1) is 0 Å². The Labute approximate surface area is 89.2 Å². The number of hydrogen-bond donors (Lipinski definition) is 1. The van der Waals surface area contributed by atoms with Crippen molar-refractivity contribution in [2.45, 2.75) is 13.0 Å². The van der Waals surface area contributed by atoms with Crippen molar-refractivity contribution in [2.24, 2.45) is 12.8 Å². The van der Waals surface area contributed by atoms with Crippen LogP contribution in [0.4, 0.5) is 0 Å². The van der Waals surface area contributed by atoms with Crippen LogP contribution in [0.5, 0.6) is 0 Å². The summed E-state index contributed by atoms with van der Waals surface area (Å²) in [4.78, 5) is 4.30. The summed E-state index contributed by atoms with van der Waals surface area (Å²) in [6.45, 7) is 1.95. The van der Waals surface area contributed by atoms with Crippen molar-refractivity contribution >= 4 is 17.1 Å². The summed E-state index contributed by atoms with van der Waals surface area (Å²) in [7, 11) is 1.99. The highest BCUT2D eigenvalue weighted by Crippen LogP contribution is 2.14. The van der Waals surface area contributed by atoms with Crippen LogP contribution in [0.25, 0.3) is 17.1 Å². The number of aryl methyl sites for hydroxylation is 1. The van der Waals surface area contributed by atoms with E-state index in [1.807, 2.05) is 37.0 Å². The van der Waals surface area contributed by atoms with E-state index in [2.05, 4.69) is 23.2 Å². The monoisotopic (exact) mass is 201 g/mol. The number of fused-ring (bicyclic) bond motifs is 1. The molecule has 1 aromatic heterocycles. The predicted octanol–water partition coefficient (Wildman–Crippen LogP) is 1.93. The van der Waals surface area contributed by atoms with Gasteiger partial charge in [0.05, 0.1) is 17.4 Å². The molecule has 0 saturated heterocycles. The minimum Gasteiger partial charge on any atom is -0.334 e. The van der Waals surface area contributed by atoms with Crippen LogP contribution in [-0.2, 0) is 7.05 Å². The molecule has 15 heavy (non-hydrogen) atoms. The molecule has 78 valence electrons. The molecule has 0 radical (unpaired) electrons. The minimum atomic E-state index is 0.0874. The maximum atomic E-state index is 5.65. The summed E-state index contributed by atoms with van der Waals surface area (Å²) in [5, 5.41) is 0. The van der Waals surface area contributed by atoms with Crippen LogP contribution in [0.1, 0.15) is 12.5 Å². The van der Waals surface area contributed by atoms with Crippen LogP contribution >= 0.6 is 0 Å². The molecule has 1 heterocycles. The molecule has 1 atom stereocenters. The fourth-order valence-corrected chi connectivity index (χ4v) is 1.52. The lowest BCUT2D eigenvalue weighted by Crippen LogP contribution is -2.09. The van der Waals surface area contributed by atoms with Gasteiger partial charge >= 0.3 is 0 Å². The molecule has 2 rings (SSSR count). The third kappa shape index (κ3) is 2.07. The van der Waals surface area contributed by atoms with Gasteiger partial charge in [0.1, 0.15) is 0 Å². The standard InChI is InChI=1S/C12H15N3/c1-9(13)3-4-10-5-6-12-11(7-10)14-8-15(12)2/h3-9H,13H2,1-2H3/b4-3+. The molecule has 0 aliphatic rings. The number of nitrogens with two attached hydrogens (primary N) is 1. The molecule has 3 heteroatoms. The third-order valence-electron chi connectivity index (χ3n) is 2.34. The number of nitrogens with zero attached hydrogens (tertiary/aromatic N) is 2. The van der Waals surface area contributed by atoms with Crippen molar-refractivity contribution in [2.75, 3.05) is 0 Å². The molecule has 0 amide bonds. The fraction of sp³-hybridized carbons (Fsp3) is 0.250. The second-order valence-electron chi connectivity index (χ2n) is 3.82. The van der Waals surface area contributed by atoms with E-state index in [1.165, 1.54) is 0 Å². The first-order chi connectivity index (χ1) is 7.16. The van der Waals surface area contributed by atoms with Gasteiger partial charge in [-0.2, -0.15) is 0 Å². The van der Waals surface area contributed by atoms with Gasteiger partial charge in [-0.15, -0.1) is 0 Å². The number of benzene rings is 1. The average molecular weight is 201 g/mol. The van der Waals surface area contributed by atoms with Crippen molar-refractivity contribution in [3.05, 3.63) is 36.2 Å². The largest absolute Gasteiger partial charge is 0.334 e. The Morgan fingerprint density at radius 3 is 3.00 bits per heavy atom. The van der Waals surface area contributed by atoms with Gasteiger partial charge in [0.25, 0.3) is 0 Å². The Bertz CT molecular complexity index is 495. The van der Waals surface area contributed by atoms with Gasteiger partial charge in [0, 0.05) is 13.1 Å². The van der Waals surface area contributed by atoms with Crippen LogP contribution in [-0.4, -0.2) is 15.6 Å². The van der Waals surface area contributed by atoms with E-state index in [0.717, 1.165) is 16.6 Å². The Morgan fingerprint density at radius 2 is 2.27 bits per heavy atom. The Hall–Kier alpha value is -1.61. The highest BCUT2D eigenvalue weighted by molar-refractivity contribution is 5.78. The maximum Gasteiger partial charge on any atom is 0.0955 e.